The zero-order chi connectivity index (χ0) is 20.9. The number of aryl methyl sites for hydroxylation is 1. The average molecular weight is 399 g/mol. The molecule has 0 unspecified atom stereocenters. The molecule has 3 aromatic rings. The maximum atomic E-state index is 9.77. The van der Waals surface area contributed by atoms with Crippen molar-refractivity contribution < 1.29 is 9.47 Å². The van der Waals surface area contributed by atoms with Crippen LogP contribution in [0.4, 0.5) is 5.82 Å². The quantitative estimate of drug-likeness (QED) is 0.627. The summed E-state index contributed by atoms with van der Waals surface area (Å²) in [6, 6.07) is 18.1. The van der Waals surface area contributed by atoms with Crippen molar-refractivity contribution in [1.82, 2.24) is 4.98 Å². The molecule has 30 heavy (non-hydrogen) atoms. The maximum absolute atomic E-state index is 9.77. The number of aromatic nitrogens is 1. The third-order valence-corrected chi connectivity index (χ3v) is 5.38. The number of rotatable bonds is 6. The second kappa shape index (κ2) is 8.87. The standard InChI is InChI=1S/C25H25N3O2/c1-2-29-23-14-18(12-13-22(23)30-16-17-8-4-3-5-9-17)24-19-10-6-7-11-21(19)28-25(27)20(24)15-26/h3-5,8-9,12-14H,2,6-7,10-11,16H2,1H3,(H2,27,28). The van der Waals surface area contributed by atoms with E-state index in [1.807, 2.05) is 55.5 Å². The Bertz CT molecular complexity index is 1090. The highest BCUT2D eigenvalue weighted by Gasteiger charge is 2.23. The van der Waals surface area contributed by atoms with E-state index in [-0.39, 0.29) is 0 Å². The van der Waals surface area contributed by atoms with Crippen molar-refractivity contribution in [3.63, 3.8) is 0 Å². The number of fused-ring (bicyclic) bond motifs is 1. The van der Waals surface area contributed by atoms with Gasteiger partial charge in [-0.05, 0) is 61.4 Å². The zero-order valence-corrected chi connectivity index (χ0v) is 17.1. The molecular formula is C25H25N3O2. The Labute approximate surface area is 177 Å². The average Bonchev–Trinajstić information content (AvgIpc) is 2.78. The van der Waals surface area contributed by atoms with Gasteiger partial charge in [-0.25, -0.2) is 4.98 Å². The summed E-state index contributed by atoms with van der Waals surface area (Å²) >= 11 is 0. The first-order valence-electron chi connectivity index (χ1n) is 10.4. The van der Waals surface area contributed by atoms with Gasteiger partial charge in [-0.3, -0.25) is 0 Å². The van der Waals surface area contributed by atoms with Crippen LogP contribution in [0.1, 0.15) is 42.1 Å². The predicted octanol–water partition coefficient (Wildman–Crippen LogP) is 5.06. The summed E-state index contributed by atoms with van der Waals surface area (Å²) in [4.78, 5) is 4.51. The van der Waals surface area contributed by atoms with Crippen LogP contribution < -0.4 is 15.2 Å². The first-order chi connectivity index (χ1) is 14.7. The molecule has 152 valence electrons. The molecule has 2 aromatic carbocycles. The Morgan fingerprint density at radius 2 is 1.83 bits per heavy atom. The van der Waals surface area contributed by atoms with Crippen molar-refractivity contribution in [2.45, 2.75) is 39.2 Å². The van der Waals surface area contributed by atoms with Crippen molar-refractivity contribution in [2.75, 3.05) is 12.3 Å². The van der Waals surface area contributed by atoms with Gasteiger partial charge < -0.3 is 15.2 Å². The number of benzene rings is 2. The van der Waals surface area contributed by atoms with Crippen LogP contribution in [0.25, 0.3) is 11.1 Å². The minimum atomic E-state index is 0.301. The van der Waals surface area contributed by atoms with E-state index < -0.39 is 0 Å². The van der Waals surface area contributed by atoms with Gasteiger partial charge in [0.2, 0.25) is 0 Å². The monoisotopic (exact) mass is 399 g/mol. The number of ether oxygens (including phenoxy) is 2. The fraction of sp³-hybridized carbons (Fsp3) is 0.280. The van der Waals surface area contributed by atoms with Crippen molar-refractivity contribution >= 4 is 5.82 Å². The second-order valence-electron chi connectivity index (χ2n) is 7.36. The molecule has 5 nitrogen and oxygen atoms in total. The number of nitriles is 1. The summed E-state index contributed by atoms with van der Waals surface area (Å²) < 4.78 is 11.9. The number of hydrogen-bond acceptors (Lipinski definition) is 5. The van der Waals surface area contributed by atoms with Gasteiger partial charge in [0, 0.05) is 11.3 Å². The van der Waals surface area contributed by atoms with Gasteiger partial charge in [-0.1, -0.05) is 36.4 Å². The lowest BCUT2D eigenvalue weighted by atomic mass is 9.86. The summed E-state index contributed by atoms with van der Waals surface area (Å²) in [5, 5.41) is 9.77. The van der Waals surface area contributed by atoms with Gasteiger partial charge in [0.15, 0.2) is 11.5 Å². The SMILES string of the molecule is CCOc1cc(-c2c(C#N)c(N)nc3c2CCCC3)ccc1OCc1ccccc1. The first kappa shape index (κ1) is 19.8. The van der Waals surface area contributed by atoms with Gasteiger partial charge >= 0.3 is 0 Å². The zero-order valence-electron chi connectivity index (χ0n) is 17.1. The number of nitrogens with two attached hydrogens (primary N) is 1. The highest BCUT2D eigenvalue weighted by Crippen LogP contribution is 2.39. The third kappa shape index (κ3) is 3.95. The van der Waals surface area contributed by atoms with Crippen LogP contribution >= 0.6 is 0 Å². The Balaban J connectivity index is 1.74. The molecule has 0 saturated heterocycles. The van der Waals surface area contributed by atoms with E-state index in [1.165, 1.54) is 0 Å². The van der Waals surface area contributed by atoms with E-state index in [1.54, 1.807) is 0 Å². The Kier molecular flexibility index (Phi) is 5.85. The molecule has 0 atom stereocenters. The van der Waals surface area contributed by atoms with E-state index in [9.17, 15) is 5.26 Å². The van der Waals surface area contributed by atoms with Crippen LogP contribution in [0.2, 0.25) is 0 Å². The highest BCUT2D eigenvalue weighted by molar-refractivity contribution is 5.80. The Morgan fingerprint density at radius 3 is 2.60 bits per heavy atom. The molecule has 2 N–H and O–H groups in total. The topological polar surface area (TPSA) is 81.2 Å². The molecule has 0 aliphatic heterocycles. The number of anilines is 1. The minimum absolute atomic E-state index is 0.301. The van der Waals surface area contributed by atoms with Crippen LogP contribution in [-0.4, -0.2) is 11.6 Å². The number of nitrogen functional groups attached to an aromatic ring is 1. The third-order valence-electron chi connectivity index (χ3n) is 5.38. The minimum Gasteiger partial charge on any atom is -0.490 e. The summed E-state index contributed by atoms with van der Waals surface area (Å²) in [7, 11) is 0. The molecule has 4 rings (SSSR count). The predicted molar refractivity (Wildman–Crippen MR) is 117 cm³/mol. The summed E-state index contributed by atoms with van der Waals surface area (Å²) in [5.41, 5.74) is 11.6. The van der Waals surface area contributed by atoms with E-state index in [4.69, 9.17) is 15.2 Å². The van der Waals surface area contributed by atoms with Crippen LogP contribution in [0.5, 0.6) is 11.5 Å². The van der Waals surface area contributed by atoms with Crippen molar-refractivity contribution in [3.05, 3.63) is 70.9 Å². The van der Waals surface area contributed by atoms with Crippen molar-refractivity contribution in [3.8, 4) is 28.7 Å². The van der Waals surface area contributed by atoms with E-state index in [0.717, 1.165) is 53.6 Å². The van der Waals surface area contributed by atoms with Gasteiger partial charge in [-0.2, -0.15) is 5.26 Å². The fourth-order valence-electron chi connectivity index (χ4n) is 3.98. The van der Waals surface area contributed by atoms with Crippen LogP contribution in [0, 0.1) is 11.3 Å². The van der Waals surface area contributed by atoms with E-state index in [2.05, 4.69) is 11.1 Å². The largest absolute Gasteiger partial charge is 0.490 e. The molecule has 5 heteroatoms. The lowest BCUT2D eigenvalue weighted by molar-refractivity contribution is 0.269. The first-order valence-corrected chi connectivity index (χ1v) is 10.4. The van der Waals surface area contributed by atoms with Crippen LogP contribution in [0.3, 0.4) is 0 Å². The molecule has 0 saturated carbocycles. The maximum Gasteiger partial charge on any atom is 0.161 e. The lowest BCUT2D eigenvalue weighted by Gasteiger charge is -2.22. The Morgan fingerprint density at radius 1 is 1.03 bits per heavy atom. The van der Waals surface area contributed by atoms with E-state index in [0.29, 0.717) is 36.1 Å². The lowest BCUT2D eigenvalue weighted by Crippen LogP contribution is -2.12. The molecule has 0 radical (unpaired) electrons. The summed E-state index contributed by atoms with van der Waals surface area (Å²) in [6.45, 7) is 2.93. The molecule has 1 aliphatic rings. The molecule has 0 spiro atoms. The molecule has 1 heterocycles. The van der Waals surface area contributed by atoms with Gasteiger partial charge in [-0.15, -0.1) is 0 Å². The number of nitrogens with zero attached hydrogens (tertiary/aromatic N) is 2. The molecule has 0 bridgehead atoms. The van der Waals surface area contributed by atoms with Crippen molar-refractivity contribution in [1.29, 1.82) is 5.26 Å². The Hall–Kier alpha value is -3.52. The van der Waals surface area contributed by atoms with Crippen LogP contribution in [-0.2, 0) is 19.4 Å². The number of hydrogen-bond donors (Lipinski definition) is 1. The van der Waals surface area contributed by atoms with Gasteiger partial charge in [0.05, 0.1) is 6.61 Å². The van der Waals surface area contributed by atoms with E-state index >= 15 is 0 Å². The molecule has 0 fully saturated rings. The highest BCUT2D eigenvalue weighted by atomic mass is 16.5. The normalized spacial score (nSPS) is 12.7. The van der Waals surface area contributed by atoms with Gasteiger partial charge in [0.1, 0.15) is 24.1 Å². The summed E-state index contributed by atoms with van der Waals surface area (Å²) in [5.74, 6) is 1.64. The van der Waals surface area contributed by atoms with Crippen LogP contribution in [0.15, 0.2) is 48.5 Å². The summed E-state index contributed by atoms with van der Waals surface area (Å²) in [6.07, 6.45) is 3.99. The van der Waals surface area contributed by atoms with Crippen molar-refractivity contribution in [2.24, 2.45) is 0 Å². The van der Waals surface area contributed by atoms with Gasteiger partial charge in [0.25, 0.3) is 0 Å². The fourth-order valence-corrected chi connectivity index (χ4v) is 3.98. The smallest absolute Gasteiger partial charge is 0.161 e. The number of pyridine rings is 1. The second-order valence-corrected chi connectivity index (χ2v) is 7.36. The molecular weight excluding hydrogens is 374 g/mol. The molecule has 1 aliphatic carbocycles. The molecule has 0 amide bonds. The molecule has 1 aromatic heterocycles.